The van der Waals surface area contributed by atoms with Gasteiger partial charge in [-0.15, -0.1) is 0 Å². The number of β-amino-alcohol motifs (C(OH)–C–C–N with tert-alkyl or cyclic N) is 1. The SMILES string of the molecule is CCCC(CN1CC(O)C1)N(C)C(=O)c1ccc(C)c(C)c1. The summed E-state index contributed by atoms with van der Waals surface area (Å²) in [7, 11) is 1.90. The highest BCUT2D eigenvalue weighted by Crippen LogP contribution is 2.17. The summed E-state index contributed by atoms with van der Waals surface area (Å²) >= 11 is 0. The molecule has 1 amide bonds. The van der Waals surface area contributed by atoms with Gasteiger partial charge in [-0.2, -0.15) is 0 Å². The number of hydrogen-bond acceptors (Lipinski definition) is 3. The van der Waals surface area contributed by atoms with Crippen LogP contribution in [0.15, 0.2) is 18.2 Å². The van der Waals surface area contributed by atoms with Crippen LogP contribution in [0.25, 0.3) is 0 Å². The topological polar surface area (TPSA) is 43.8 Å². The molecule has 4 heteroatoms. The van der Waals surface area contributed by atoms with Gasteiger partial charge in [0, 0.05) is 38.3 Å². The maximum absolute atomic E-state index is 12.7. The minimum atomic E-state index is -0.192. The van der Waals surface area contributed by atoms with E-state index < -0.39 is 0 Å². The van der Waals surface area contributed by atoms with Crippen molar-refractivity contribution >= 4 is 5.91 Å². The van der Waals surface area contributed by atoms with Crippen molar-refractivity contribution in [1.29, 1.82) is 0 Å². The van der Waals surface area contributed by atoms with Crippen LogP contribution in [0, 0.1) is 13.8 Å². The van der Waals surface area contributed by atoms with E-state index in [0.29, 0.717) is 0 Å². The summed E-state index contributed by atoms with van der Waals surface area (Å²) in [5, 5.41) is 9.42. The zero-order chi connectivity index (χ0) is 16.3. The summed E-state index contributed by atoms with van der Waals surface area (Å²) in [5.41, 5.74) is 3.12. The van der Waals surface area contributed by atoms with Crippen molar-refractivity contribution < 1.29 is 9.90 Å². The molecule has 0 saturated carbocycles. The molecule has 0 radical (unpaired) electrons. The number of carbonyl (C=O) groups excluding carboxylic acids is 1. The molecule has 1 aliphatic heterocycles. The van der Waals surface area contributed by atoms with Gasteiger partial charge < -0.3 is 10.0 Å². The third kappa shape index (κ3) is 3.87. The number of likely N-dealkylation sites (N-methyl/N-ethyl adjacent to an activating group) is 1. The first kappa shape index (κ1) is 17.0. The number of carbonyl (C=O) groups is 1. The highest BCUT2D eigenvalue weighted by atomic mass is 16.3. The van der Waals surface area contributed by atoms with Crippen molar-refractivity contribution in [3.8, 4) is 0 Å². The van der Waals surface area contributed by atoms with Crippen LogP contribution >= 0.6 is 0 Å². The standard InChI is InChI=1S/C18H28N2O2/c1-5-6-16(10-20-11-17(21)12-20)19(4)18(22)15-8-7-13(2)14(3)9-15/h7-9,16-17,21H,5-6,10-12H2,1-4H3. The summed E-state index contributed by atoms with van der Waals surface area (Å²) < 4.78 is 0. The lowest BCUT2D eigenvalue weighted by molar-refractivity contribution is -0.0113. The highest BCUT2D eigenvalue weighted by molar-refractivity contribution is 5.94. The van der Waals surface area contributed by atoms with Gasteiger partial charge in [-0.25, -0.2) is 0 Å². The number of nitrogens with zero attached hydrogens (tertiary/aromatic N) is 2. The van der Waals surface area contributed by atoms with Gasteiger partial charge in [-0.1, -0.05) is 19.4 Å². The Morgan fingerprint density at radius 2 is 2.05 bits per heavy atom. The Balaban J connectivity index is 2.05. The molecule has 0 aliphatic carbocycles. The van der Waals surface area contributed by atoms with Crippen LogP contribution in [-0.4, -0.2) is 59.6 Å². The molecule has 122 valence electrons. The van der Waals surface area contributed by atoms with Crippen LogP contribution < -0.4 is 0 Å². The Bertz CT molecular complexity index is 524. The fourth-order valence-corrected chi connectivity index (χ4v) is 2.97. The van der Waals surface area contributed by atoms with E-state index in [4.69, 9.17) is 0 Å². The van der Waals surface area contributed by atoms with E-state index in [1.54, 1.807) is 0 Å². The first-order valence-corrected chi connectivity index (χ1v) is 8.17. The summed E-state index contributed by atoms with van der Waals surface area (Å²) in [6.45, 7) is 8.54. The molecule has 0 bridgehead atoms. The Hall–Kier alpha value is -1.39. The maximum atomic E-state index is 12.7. The van der Waals surface area contributed by atoms with E-state index in [1.165, 1.54) is 5.56 Å². The second-order valence-electron chi connectivity index (χ2n) is 6.53. The van der Waals surface area contributed by atoms with Gasteiger partial charge in [-0.3, -0.25) is 9.69 Å². The number of likely N-dealkylation sites (tertiary alicyclic amines) is 1. The fourth-order valence-electron chi connectivity index (χ4n) is 2.97. The minimum absolute atomic E-state index is 0.0858. The van der Waals surface area contributed by atoms with E-state index in [2.05, 4.69) is 18.7 Å². The fraction of sp³-hybridized carbons (Fsp3) is 0.611. The maximum Gasteiger partial charge on any atom is 0.253 e. The Morgan fingerprint density at radius 3 is 2.59 bits per heavy atom. The van der Waals surface area contributed by atoms with Crippen LogP contribution in [0.1, 0.15) is 41.3 Å². The van der Waals surface area contributed by atoms with Crippen LogP contribution in [0.4, 0.5) is 0 Å². The lowest BCUT2D eigenvalue weighted by atomic mass is 10.0. The Morgan fingerprint density at radius 1 is 1.36 bits per heavy atom. The third-order valence-corrected chi connectivity index (χ3v) is 4.65. The van der Waals surface area contributed by atoms with Crippen molar-refractivity contribution in [2.45, 2.75) is 45.8 Å². The number of benzene rings is 1. The quantitative estimate of drug-likeness (QED) is 0.876. The van der Waals surface area contributed by atoms with E-state index in [-0.39, 0.29) is 18.1 Å². The van der Waals surface area contributed by atoms with Crippen LogP contribution in [0.2, 0.25) is 0 Å². The average Bonchev–Trinajstić information content (AvgIpc) is 2.46. The van der Waals surface area contributed by atoms with Crippen molar-refractivity contribution in [2.75, 3.05) is 26.7 Å². The van der Waals surface area contributed by atoms with Gasteiger partial charge in [-0.05, 0) is 43.5 Å². The predicted molar refractivity (Wildman–Crippen MR) is 89.2 cm³/mol. The number of hydrogen-bond donors (Lipinski definition) is 1. The van der Waals surface area contributed by atoms with E-state index in [0.717, 1.165) is 43.6 Å². The molecule has 0 aromatic heterocycles. The molecule has 2 rings (SSSR count). The normalized spacial score (nSPS) is 17.1. The lowest BCUT2D eigenvalue weighted by Crippen LogP contribution is -2.55. The number of aryl methyl sites for hydroxylation is 2. The zero-order valence-corrected chi connectivity index (χ0v) is 14.2. The van der Waals surface area contributed by atoms with Crippen molar-refractivity contribution in [1.82, 2.24) is 9.80 Å². The first-order valence-electron chi connectivity index (χ1n) is 8.17. The number of rotatable bonds is 6. The van der Waals surface area contributed by atoms with Crippen LogP contribution in [0.3, 0.4) is 0 Å². The smallest absolute Gasteiger partial charge is 0.253 e. The lowest BCUT2D eigenvalue weighted by Gasteiger charge is -2.40. The van der Waals surface area contributed by atoms with E-state index in [9.17, 15) is 9.90 Å². The molecular formula is C18H28N2O2. The van der Waals surface area contributed by atoms with Crippen molar-refractivity contribution in [2.24, 2.45) is 0 Å². The number of amides is 1. The number of aliphatic hydroxyl groups is 1. The van der Waals surface area contributed by atoms with E-state index in [1.807, 2.05) is 37.1 Å². The molecule has 4 nitrogen and oxygen atoms in total. The van der Waals surface area contributed by atoms with Gasteiger partial charge in [0.05, 0.1) is 6.10 Å². The molecule has 1 saturated heterocycles. The molecule has 1 aliphatic rings. The number of aliphatic hydroxyl groups excluding tert-OH is 1. The summed E-state index contributed by atoms with van der Waals surface area (Å²) in [4.78, 5) is 16.8. The molecule has 1 aromatic carbocycles. The van der Waals surface area contributed by atoms with Crippen molar-refractivity contribution in [3.05, 3.63) is 34.9 Å². The second kappa shape index (κ2) is 7.25. The molecule has 1 heterocycles. The first-order chi connectivity index (χ1) is 10.4. The second-order valence-corrected chi connectivity index (χ2v) is 6.53. The molecular weight excluding hydrogens is 276 g/mol. The monoisotopic (exact) mass is 304 g/mol. The van der Waals surface area contributed by atoms with Gasteiger partial charge in [0.15, 0.2) is 0 Å². The third-order valence-electron chi connectivity index (χ3n) is 4.65. The molecule has 22 heavy (non-hydrogen) atoms. The largest absolute Gasteiger partial charge is 0.390 e. The Kier molecular flexibility index (Phi) is 5.59. The van der Waals surface area contributed by atoms with Crippen LogP contribution in [-0.2, 0) is 0 Å². The molecule has 1 fully saturated rings. The minimum Gasteiger partial charge on any atom is -0.390 e. The molecule has 1 N–H and O–H groups in total. The van der Waals surface area contributed by atoms with Gasteiger partial charge >= 0.3 is 0 Å². The summed E-state index contributed by atoms with van der Waals surface area (Å²) in [5.74, 6) is 0.0858. The van der Waals surface area contributed by atoms with Crippen molar-refractivity contribution in [3.63, 3.8) is 0 Å². The highest BCUT2D eigenvalue weighted by Gasteiger charge is 2.29. The average molecular weight is 304 g/mol. The summed E-state index contributed by atoms with van der Waals surface area (Å²) in [6, 6.07) is 6.10. The summed E-state index contributed by atoms with van der Waals surface area (Å²) in [6.07, 6.45) is 1.84. The molecule has 1 atom stereocenters. The van der Waals surface area contributed by atoms with Gasteiger partial charge in [0.2, 0.25) is 0 Å². The Labute approximate surface area is 133 Å². The van der Waals surface area contributed by atoms with Gasteiger partial charge in [0.25, 0.3) is 5.91 Å². The molecule has 1 aromatic rings. The molecule has 1 unspecified atom stereocenters. The zero-order valence-electron chi connectivity index (χ0n) is 14.2. The van der Waals surface area contributed by atoms with Gasteiger partial charge in [0.1, 0.15) is 0 Å². The van der Waals surface area contributed by atoms with E-state index >= 15 is 0 Å². The predicted octanol–water partition coefficient (Wildman–Crippen LogP) is 2.22. The molecule has 0 spiro atoms. The van der Waals surface area contributed by atoms with Crippen LogP contribution in [0.5, 0.6) is 0 Å².